The maximum absolute atomic E-state index is 13.6. The van der Waals surface area contributed by atoms with Crippen LogP contribution in [0.5, 0.6) is 0 Å². The predicted molar refractivity (Wildman–Crippen MR) is 164 cm³/mol. The summed E-state index contributed by atoms with van der Waals surface area (Å²) >= 11 is 6.88. The van der Waals surface area contributed by atoms with Gasteiger partial charge in [0.1, 0.15) is 0 Å². The van der Waals surface area contributed by atoms with Crippen LogP contribution in [0.3, 0.4) is 0 Å². The standard InChI is InChI=1S/C34H43ClN2O3/c1-4-25-10-7-11-28(22-25)32-30(13-8-14-31(32)35)34(39,19-5-6-21-40-3)29-12-9-20-37(24-29)33(38)27-17-15-26(16-18-27)23-36-2/h7-8,10-11,13-18,22,29,36,39H,4-6,9,12,19-21,23-24H2,1-3H3/t29-,34?/m1/s1. The number of rotatable bonds is 12. The van der Waals surface area contributed by atoms with Crippen LogP contribution in [0, 0.1) is 5.92 Å². The van der Waals surface area contributed by atoms with Crippen LogP contribution in [-0.4, -0.2) is 49.8 Å². The number of nitrogens with zero attached hydrogens (tertiary/aromatic N) is 1. The van der Waals surface area contributed by atoms with Crippen LogP contribution in [-0.2, 0) is 23.3 Å². The van der Waals surface area contributed by atoms with E-state index in [9.17, 15) is 9.90 Å². The number of aliphatic hydroxyl groups is 1. The quantitative estimate of drug-likeness (QED) is 0.237. The largest absolute Gasteiger partial charge is 0.385 e. The van der Waals surface area contributed by atoms with Crippen molar-refractivity contribution in [2.45, 2.75) is 57.6 Å². The third kappa shape index (κ3) is 6.95. The fraction of sp³-hybridized carbons (Fsp3) is 0.441. The molecule has 2 atom stereocenters. The lowest BCUT2D eigenvalue weighted by molar-refractivity contribution is -0.0574. The molecule has 214 valence electrons. The van der Waals surface area contributed by atoms with Gasteiger partial charge in [-0.05, 0) is 86.0 Å². The van der Waals surface area contributed by atoms with E-state index in [1.54, 1.807) is 7.11 Å². The van der Waals surface area contributed by atoms with Gasteiger partial charge in [0.25, 0.3) is 5.91 Å². The Morgan fingerprint density at radius 3 is 2.60 bits per heavy atom. The van der Waals surface area contributed by atoms with Crippen LogP contribution in [0.1, 0.15) is 66.1 Å². The zero-order chi connectivity index (χ0) is 28.5. The van der Waals surface area contributed by atoms with Gasteiger partial charge >= 0.3 is 0 Å². The van der Waals surface area contributed by atoms with Crippen LogP contribution in [0.15, 0.2) is 66.7 Å². The van der Waals surface area contributed by atoms with Crippen LogP contribution in [0.4, 0.5) is 0 Å². The first-order valence-corrected chi connectivity index (χ1v) is 14.9. The Bertz CT molecular complexity index is 1260. The van der Waals surface area contributed by atoms with Gasteiger partial charge in [-0.2, -0.15) is 0 Å². The van der Waals surface area contributed by atoms with Crippen molar-refractivity contribution in [3.8, 4) is 11.1 Å². The fourth-order valence-corrected chi connectivity index (χ4v) is 6.31. The lowest BCUT2D eigenvalue weighted by Crippen LogP contribution is -2.48. The van der Waals surface area contributed by atoms with Gasteiger partial charge in [-0.25, -0.2) is 0 Å². The second-order valence-electron chi connectivity index (χ2n) is 10.9. The minimum Gasteiger partial charge on any atom is -0.385 e. The van der Waals surface area contributed by atoms with Crippen molar-refractivity contribution in [3.05, 3.63) is 94.0 Å². The fourth-order valence-electron chi connectivity index (χ4n) is 6.03. The molecule has 0 aromatic heterocycles. The molecule has 1 heterocycles. The molecule has 4 rings (SSSR count). The molecule has 5 nitrogen and oxygen atoms in total. The van der Waals surface area contributed by atoms with Gasteiger partial charge in [0, 0.05) is 55.4 Å². The second kappa shape index (κ2) is 14.3. The van der Waals surface area contributed by atoms with E-state index in [0.29, 0.717) is 36.7 Å². The highest BCUT2D eigenvalue weighted by molar-refractivity contribution is 6.33. The molecule has 3 aromatic rings. The van der Waals surface area contributed by atoms with E-state index in [1.807, 2.05) is 54.4 Å². The van der Waals surface area contributed by atoms with Crippen molar-refractivity contribution in [1.82, 2.24) is 10.2 Å². The van der Waals surface area contributed by atoms with E-state index in [0.717, 1.165) is 60.9 Å². The molecule has 0 bridgehead atoms. The summed E-state index contributed by atoms with van der Waals surface area (Å²) in [7, 11) is 3.62. The number of unbranched alkanes of at least 4 members (excludes halogenated alkanes) is 1. The van der Waals surface area contributed by atoms with E-state index in [4.69, 9.17) is 16.3 Å². The third-order valence-corrected chi connectivity index (χ3v) is 8.54. The molecule has 1 aliphatic heterocycles. The van der Waals surface area contributed by atoms with Gasteiger partial charge in [0.15, 0.2) is 0 Å². The summed E-state index contributed by atoms with van der Waals surface area (Å²) in [4.78, 5) is 15.5. The number of carbonyl (C=O) groups excluding carboxylic acids is 1. The van der Waals surface area contributed by atoms with E-state index < -0.39 is 5.60 Å². The van der Waals surface area contributed by atoms with Gasteiger partial charge in [0.05, 0.1) is 5.60 Å². The summed E-state index contributed by atoms with van der Waals surface area (Å²) in [6.45, 7) is 4.74. The summed E-state index contributed by atoms with van der Waals surface area (Å²) in [5.74, 6) is -0.104. The number of hydrogen-bond acceptors (Lipinski definition) is 4. The van der Waals surface area contributed by atoms with Crippen molar-refractivity contribution in [1.29, 1.82) is 0 Å². The van der Waals surface area contributed by atoms with E-state index in [2.05, 4.69) is 36.5 Å². The van der Waals surface area contributed by atoms with E-state index in [1.165, 1.54) is 5.56 Å². The number of piperidine rings is 1. The molecule has 40 heavy (non-hydrogen) atoms. The highest BCUT2D eigenvalue weighted by Crippen LogP contribution is 2.46. The molecular weight excluding hydrogens is 520 g/mol. The minimum absolute atomic E-state index is 0.0180. The number of nitrogens with one attached hydrogen (secondary N) is 1. The molecule has 0 spiro atoms. The van der Waals surface area contributed by atoms with Crippen molar-refractivity contribution in [2.24, 2.45) is 5.92 Å². The Labute approximate surface area is 244 Å². The molecule has 1 unspecified atom stereocenters. The maximum Gasteiger partial charge on any atom is 0.253 e. The number of carbonyl (C=O) groups is 1. The highest BCUT2D eigenvalue weighted by Gasteiger charge is 2.43. The van der Waals surface area contributed by atoms with Gasteiger partial charge in [-0.15, -0.1) is 0 Å². The van der Waals surface area contributed by atoms with Crippen LogP contribution in [0.25, 0.3) is 11.1 Å². The minimum atomic E-state index is -1.15. The highest BCUT2D eigenvalue weighted by atomic mass is 35.5. The number of ether oxygens (including phenoxy) is 1. The Morgan fingerprint density at radius 2 is 1.88 bits per heavy atom. The molecule has 1 amide bonds. The monoisotopic (exact) mass is 562 g/mol. The first-order chi connectivity index (χ1) is 19.4. The van der Waals surface area contributed by atoms with Gasteiger partial charge in [-0.3, -0.25) is 4.79 Å². The van der Waals surface area contributed by atoms with Crippen molar-refractivity contribution in [3.63, 3.8) is 0 Å². The molecule has 0 radical (unpaired) electrons. The molecule has 3 aromatic carbocycles. The lowest BCUT2D eigenvalue weighted by Gasteiger charge is -2.44. The Balaban J connectivity index is 1.69. The molecule has 0 saturated carbocycles. The normalized spacial score (nSPS) is 17.0. The molecule has 6 heteroatoms. The Hall–Kier alpha value is -2.70. The number of methoxy groups -OCH3 is 1. The summed E-state index contributed by atoms with van der Waals surface area (Å²) in [6, 6.07) is 22.1. The molecule has 0 aliphatic carbocycles. The Kier molecular flexibility index (Phi) is 10.8. The number of amides is 1. The smallest absolute Gasteiger partial charge is 0.253 e. The first-order valence-electron chi connectivity index (χ1n) is 14.5. The molecule has 1 saturated heterocycles. The van der Waals surface area contributed by atoms with Crippen LogP contribution in [0.2, 0.25) is 5.02 Å². The average molecular weight is 563 g/mol. The summed E-state index contributed by atoms with van der Waals surface area (Å²) in [5.41, 5.74) is 4.65. The maximum atomic E-state index is 13.6. The lowest BCUT2D eigenvalue weighted by atomic mass is 9.72. The topological polar surface area (TPSA) is 61.8 Å². The van der Waals surface area contributed by atoms with Crippen LogP contribution >= 0.6 is 11.6 Å². The first kappa shape index (κ1) is 30.3. The number of hydrogen-bond donors (Lipinski definition) is 2. The van der Waals surface area contributed by atoms with Crippen LogP contribution < -0.4 is 5.32 Å². The summed E-state index contributed by atoms with van der Waals surface area (Å²) in [5, 5.41) is 16.5. The summed E-state index contributed by atoms with van der Waals surface area (Å²) < 4.78 is 5.31. The van der Waals surface area contributed by atoms with E-state index in [-0.39, 0.29) is 11.8 Å². The van der Waals surface area contributed by atoms with Crippen molar-refractivity contribution in [2.75, 3.05) is 33.9 Å². The number of likely N-dealkylation sites (tertiary alicyclic amines) is 1. The van der Waals surface area contributed by atoms with Crippen molar-refractivity contribution >= 4 is 17.5 Å². The second-order valence-corrected chi connectivity index (χ2v) is 11.3. The summed E-state index contributed by atoms with van der Waals surface area (Å²) in [6.07, 6.45) is 4.84. The van der Waals surface area contributed by atoms with E-state index >= 15 is 0 Å². The Morgan fingerprint density at radius 1 is 1.10 bits per heavy atom. The van der Waals surface area contributed by atoms with Gasteiger partial charge in [-0.1, -0.05) is 67.1 Å². The van der Waals surface area contributed by atoms with Gasteiger partial charge in [0.2, 0.25) is 0 Å². The molecule has 1 fully saturated rings. The molecule has 1 aliphatic rings. The molecule has 2 N–H and O–H groups in total. The number of halogens is 1. The number of aryl methyl sites for hydroxylation is 1. The third-order valence-electron chi connectivity index (χ3n) is 8.23. The zero-order valence-corrected chi connectivity index (χ0v) is 24.8. The average Bonchev–Trinajstić information content (AvgIpc) is 2.99. The van der Waals surface area contributed by atoms with Crippen molar-refractivity contribution < 1.29 is 14.6 Å². The predicted octanol–water partition coefficient (Wildman–Crippen LogP) is 6.85. The molecular formula is C34H43ClN2O3. The number of benzene rings is 3. The van der Waals surface area contributed by atoms with Gasteiger partial charge < -0.3 is 20.1 Å². The SMILES string of the molecule is CCc1cccc(-c2c(Cl)cccc2C(O)(CCCCOC)[C@@H]2CCCN(C(=O)c3ccc(CNC)cc3)C2)c1. The zero-order valence-electron chi connectivity index (χ0n) is 24.1.